The summed E-state index contributed by atoms with van der Waals surface area (Å²) in [5.74, 6) is -0.229. The lowest BCUT2D eigenvalue weighted by Gasteiger charge is -2.42. The van der Waals surface area contributed by atoms with E-state index in [2.05, 4.69) is 38.1 Å². The van der Waals surface area contributed by atoms with Crippen molar-refractivity contribution in [3.05, 3.63) is 92.1 Å². The highest BCUT2D eigenvalue weighted by Crippen LogP contribution is 2.54. The third kappa shape index (κ3) is 6.39. The first-order valence-corrected chi connectivity index (χ1v) is 17.2. The zero-order valence-electron chi connectivity index (χ0n) is 25.1. The molecular weight excluding hydrogens is 723 g/mol. The minimum atomic E-state index is -1.21. The number of fused-ring (bicyclic) bond motifs is 1. The standard InChI is InChI=1S/C33H34ClIN6O3S/c1-3-36-32(44)40-16-14-39(15-17-40)31(43)33(45-25-11-4-21(2)5-12-25)19-28(42)41(20-22-6-9-24(35)10-7-22)30(33)29-26-13-8-23(34)18-27(26)37-38-29/h4-13,18,30H,3,14-17,19-20H2,1-2H3,(H,36,44)(H,37,38)/t30-,33-/m0/s1. The van der Waals surface area contributed by atoms with Gasteiger partial charge in [0.15, 0.2) is 0 Å². The number of nitrogens with one attached hydrogen (secondary N) is 2. The lowest BCUT2D eigenvalue weighted by molar-refractivity contribution is -0.136. The van der Waals surface area contributed by atoms with Gasteiger partial charge in [-0.1, -0.05) is 41.4 Å². The summed E-state index contributed by atoms with van der Waals surface area (Å²) in [5.41, 5.74) is 3.45. The van der Waals surface area contributed by atoms with E-state index in [4.69, 9.17) is 11.6 Å². The Balaban J connectivity index is 1.46. The van der Waals surface area contributed by atoms with Gasteiger partial charge in [0.25, 0.3) is 0 Å². The van der Waals surface area contributed by atoms with Crippen LogP contribution in [0.3, 0.4) is 0 Å². The quantitative estimate of drug-likeness (QED) is 0.225. The number of benzene rings is 3. The molecule has 2 saturated heterocycles. The van der Waals surface area contributed by atoms with Gasteiger partial charge in [-0.15, -0.1) is 11.8 Å². The van der Waals surface area contributed by atoms with Crippen LogP contribution in [0.5, 0.6) is 0 Å². The molecule has 0 radical (unpaired) electrons. The van der Waals surface area contributed by atoms with Crippen molar-refractivity contribution in [1.29, 1.82) is 0 Å². The SMILES string of the molecule is CCNC(=O)N1CCN(C(=O)[C@]2(Sc3ccc(C)cc3)CC(=O)N(Cc3ccc(I)cc3)[C@H]2c2[nH]nc3cc(Cl)ccc23)CC1. The number of hydrogen-bond donors (Lipinski definition) is 2. The predicted molar refractivity (Wildman–Crippen MR) is 185 cm³/mol. The summed E-state index contributed by atoms with van der Waals surface area (Å²) in [4.78, 5) is 48.1. The van der Waals surface area contributed by atoms with Crippen LogP contribution in [0.2, 0.25) is 5.02 Å². The second kappa shape index (κ2) is 13.2. The Hall–Kier alpha value is -3.29. The maximum absolute atomic E-state index is 15.0. The Morgan fingerprint density at radius 2 is 1.73 bits per heavy atom. The van der Waals surface area contributed by atoms with Crippen molar-refractivity contribution in [1.82, 2.24) is 30.2 Å². The van der Waals surface area contributed by atoms with Gasteiger partial charge in [-0.3, -0.25) is 14.7 Å². The number of piperazine rings is 1. The average Bonchev–Trinajstić information content (AvgIpc) is 3.56. The Labute approximate surface area is 285 Å². The summed E-state index contributed by atoms with van der Waals surface area (Å²) in [6, 6.07) is 20.9. The molecule has 4 aromatic rings. The summed E-state index contributed by atoms with van der Waals surface area (Å²) >= 11 is 10.0. The molecule has 9 nitrogen and oxygen atoms in total. The first-order chi connectivity index (χ1) is 21.7. The molecule has 4 amide bonds. The summed E-state index contributed by atoms with van der Waals surface area (Å²) in [5, 5.41) is 12.0. The molecule has 0 unspecified atom stereocenters. The molecule has 2 atom stereocenters. The number of amides is 4. The van der Waals surface area contributed by atoms with Crippen molar-refractivity contribution in [3.8, 4) is 0 Å². The number of carbonyl (C=O) groups is 3. The van der Waals surface area contributed by atoms with Crippen LogP contribution >= 0.6 is 46.0 Å². The number of aromatic nitrogens is 2. The van der Waals surface area contributed by atoms with Gasteiger partial charge in [-0.25, -0.2) is 4.79 Å². The van der Waals surface area contributed by atoms with E-state index in [0.29, 0.717) is 55.5 Å². The Morgan fingerprint density at radius 1 is 1.04 bits per heavy atom. The van der Waals surface area contributed by atoms with E-state index in [1.165, 1.54) is 11.8 Å². The van der Waals surface area contributed by atoms with E-state index in [1.54, 1.807) is 17.0 Å². The molecule has 2 aliphatic heterocycles. The maximum atomic E-state index is 15.0. The molecule has 234 valence electrons. The summed E-state index contributed by atoms with van der Waals surface area (Å²) in [6.07, 6.45) is 0.0179. The molecule has 45 heavy (non-hydrogen) atoms. The largest absolute Gasteiger partial charge is 0.338 e. The van der Waals surface area contributed by atoms with Gasteiger partial charge < -0.3 is 20.0 Å². The molecule has 6 rings (SSSR count). The fourth-order valence-electron chi connectivity index (χ4n) is 6.18. The second-order valence-corrected chi connectivity index (χ2v) is 14.5. The van der Waals surface area contributed by atoms with Crippen molar-refractivity contribution >= 4 is 74.7 Å². The Kier molecular flexibility index (Phi) is 9.30. The van der Waals surface area contributed by atoms with Crippen LogP contribution in [-0.4, -0.2) is 80.2 Å². The van der Waals surface area contributed by atoms with Crippen LogP contribution in [0.4, 0.5) is 4.79 Å². The highest BCUT2D eigenvalue weighted by molar-refractivity contribution is 14.1. The van der Waals surface area contributed by atoms with Crippen LogP contribution in [0.15, 0.2) is 71.6 Å². The Bertz CT molecular complexity index is 1720. The van der Waals surface area contributed by atoms with Gasteiger partial charge >= 0.3 is 6.03 Å². The number of urea groups is 1. The molecule has 0 saturated carbocycles. The Morgan fingerprint density at radius 3 is 2.42 bits per heavy atom. The minimum Gasteiger partial charge on any atom is -0.338 e. The normalized spacial score (nSPS) is 20.2. The van der Waals surface area contributed by atoms with E-state index >= 15 is 4.79 Å². The molecule has 0 spiro atoms. The summed E-state index contributed by atoms with van der Waals surface area (Å²) in [6.45, 7) is 6.37. The van der Waals surface area contributed by atoms with Gasteiger partial charge in [0.1, 0.15) is 4.75 Å². The number of halogens is 2. The molecule has 2 aliphatic rings. The van der Waals surface area contributed by atoms with Crippen LogP contribution in [0.25, 0.3) is 10.9 Å². The van der Waals surface area contributed by atoms with Crippen molar-refractivity contribution in [3.63, 3.8) is 0 Å². The molecule has 2 fully saturated rings. The molecule has 0 aliphatic carbocycles. The minimum absolute atomic E-state index is 0.0179. The predicted octanol–water partition coefficient (Wildman–Crippen LogP) is 6.01. The van der Waals surface area contributed by atoms with Crippen LogP contribution in [0, 0.1) is 10.5 Å². The third-order valence-electron chi connectivity index (χ3n) is 8.44. The maximum Gasteiger partial charge on any atom is 0.317 e. The van der Waals surface area contributed by atoms with Gasteiger partial charge in [0.05, 0.1) is 23.7 Å². The number of aromatic amines is 1. The zero-order valence-corrected chi connectivity index (χ0v) is 28.8. The zero-order chi connectivity index (χ0) is 31.7. The fraction of sp³-hybridized carbons (Fsp3) is 0.333. The number of likely N-dealkylation sites (tertiary alicyclic amines) is 1. The summed E-state index contributed by atoms with van der Waals surface area (Å²) < 4.78 is -0.106. The number of aryl methyl sites for hydroxylation is 1. The third-order valence-corrected chi connectivity index (χ3v) is 10.8. The van der Waals surface area contributed by atoms with E-state index in [9.17, 15) is 9.59 Å². The highest BCUT2D eigenvalue weighted by Gasteiger charge is 2.60. The molecule has 2 N–H and O–H groups in total. The van der Waals surface area contributed by atoms with Crippen LogP contribution in [-0.2, 0) is 16.1 Å². The van der Waals surface area contributed by atoms with Gasteiger partial charge in [0, 0.05) is 58.1 Å². The molecule has 3 aromatic carbocycles. The first kappa shape index (κ1) is 31.7. The number of hydrogen-bond acceptors (Lipinski definition) is 5. The number of carbonyl (C=O) groups excluding carboxylic acids is 3. The van der Waals surface area contributed by atoms with E-state index in [1.807, 2.05) is 78.2 Å². The second-order valence-electron chi connectivity index (χ2n) is 11.4. The molecule has 1 aromatic heterocycles. The smallest absolute Gasteiger partial charge is 0.317 e. The average molecular weight is 757 g/mol. The van der Waals surface area contributed by atoms with Crippen molar-refractivity contribution in [2.24, 2.45) is 0 Å². The number of nitrogens with zero attached hydrogens (tertiary/aromatic N) is 4. The van der Waals surface area contributed by atoms with Gasteiger partial charge in [0.2, 0.25) is 11.8 Å². The van der Waals surface area contributed by atoms with Crippen molar-refractivity contribution in [2.75, 3.05) is 32.7 Å². The van der Waals surface area contributed by atoms with E-state index in [0.717, 1.165) is 25.0 Å². The van der Waals surface area contributed by atoms with Crippen molar-refractivity contribution in [2.45, 2.75) is 42.5 Å². The lowest BCUT2D eigenvalue weighted by Crippen LogP contribution is -2.58. The molecular formula is C33H34ClIN6O3S. The molecule has 0 bridgehead atoms. The highest BCUT2D eigenvalue weighted by atomic mass is 127. The topological polar surface area (TPSA) is 102 Å². The number of H-pyrrole nitrogens is 1. The van der Waals surface area contributed by atoms with Gasteiger partial charge in [-0.05, 0) is 84.5 Å². The van der Waals surface area contributed by atoms with Crippen LogP contribution < -0.4 is 5.32 Å². The first-order valence-electron chi connectivity index (χ1n) is 14.9. The lowest BCUT2D eigenvalue weighted by atomic mass is 9.92. The summed E-state index contributed by atoms with van der Waals surface area (Å²) in [7, 11) is 0. The van der Waals surface area contributed by atoms with Gasteiger partial charge in [-0.2, -0.15) is 5.10 Å². The monoisotopic (exact) mass is 756 g/mol. The van der Waals surface area contributed by atoms with E-state index < -0.39 is 10.8 Å². The van der Waals surface area contributed by atoms with Crippen molar-refractivity contribution < 1.29 is 14.4 Å². The molecule has 3 heterocycles. The number of thioether (sulfide) groups is 1. The number of rotatable bonds is 7. The molecule has 12 heteroatoms. The van der Waals surface area contributed by atoms with Crippen LogP contribution in [0.1, 0.15) is 36.2 Å². The fourth-order valence-corrected chi connectivity index (χ4v) is 8.16. The van der Waals surface area contributed by atoms with E-state index in [-0.39, 0.29) is 24.3 Å².